The van der Waals surface area contributed by atoms with Crippen molar-refractivity contribution in [3.63, 3.8) is 0 Å². The topological polar surface area (TPSA) is 27.0 Å². The van der Waals surface area contributed by atoms with Crippen LogP contribution >= 0.6 is 0 Å². The van der Waals surface area contributed by atoms with E-state index in [9.17, 15) is 0 Å². The Morgan fingerprint density at radius 1 is 1.21 bits per heavy atom. The zero-order chi connectivity index (χ0) is 10.8. The summed E-state index contributed by atoms with van der Waals surface area (Å²) in [5, 5.41) is 8.71. The second-order valence-corrected chi connectivity index (χ2v) is 3.98. The van der Waals surface area contributed by atoms with Crippen LogP contribution in [0.1, 0.15) is 46.5 Å². The van der Waals surface area contributed by atoms with Crippen LogP contribution in [0, 0.1) is 17.2 Å². The highest BCUT2D eigenvalue weighted by molar-refractivity contribution is 4.81. The van der Waals surface area contributed by atoms with Crippen LogP contribution in [0.15, 0.2) is 0 Å². The van der Waals surface area contributed by atoms with E-state index < -0.39 is 0 Å². The molecule has 82 valence electrons. The highest BCUT2D eigenvalue weighted by atomic mass is 15.1. The summed E-state index contributed by atoms with van der Waals surface area (Å²) in [4.78, 5) is 2.38. The van der Waals surface area contributed by atoms with Crippen molar-refractivity contribution in [3.8, 4) is 6.07 Å². The van der Waals surface area contributed by atoms with Gasteiger partial charge in [-0.05, 0) is 26.4 Å². The molecular formula is C12H24N2. The molecule has 0 rings (SSSR count). The van der Waals surface area contributed by atoms with Crippen LogP contribution in [-0.2, 0) is 0 Å². The molecule has 0 aliphatic rings. The lowest BCUT2D eigenvalue weighted by Gasteiger charge is -2.21. The fraction of sp³-hybridized carbons (Fsp3) is 0.917. The quantitative estimate of drug-likeness (QED) is 0.558. The molecule has 0 saturated heterocycles. The Morgan fingerprint density at radius 3 is 2.43 bits per heavy atom. The third-order valence-corrected chi connectivity index (χ3v) is 2.53. The first-order chi connectivity index (χ1) is 6.74. The van der Waals surface area contributed by atoms with E-state index in [2.05, 4.69) is 24.8 Å². The molecule has 0 aliphatic heterocycles. The number of unbranched alkanes of at least 4 members (excludes halogenated alkanes) is 3. The highest BCUT2D eigenvalue weighted by Gasteiger charge is 2.06. The standard InChI is InChI=1S/C12H24N2/c1-4-6-7-8-9-14(5-2)11-12(3)10-13/h12H,4-9,11H2,1-3H3. The number of nitriles is 1. The van der Waals surface area contributed by atoms with Crippen molar-refractivity contribution in [3.05, 3.63) is 0 Å². The van der Waals surface area contributed by atoms with Crippen LogP contribution in [0.5, 0.6) is 0 Å². The second kappa shape index (κ2) is 9.02. The first kappa shape index (κ1) is 13.4. The molecule has 0 spiro atoms. The Balaban J connectivity index is 3.54. The predicted octanol–water partition coefficient (Wildman–Crippen LogP) is 3.05. The van der Waals surface area contributed by atoms with Gasteiger partial charge >= 0.3 is 0 Å². The van der Waals surface area contributed by atoms with Crippen LogP contribution < -0.4 is 0 Å². The molecule has 1 unspecified atom stereocenters. The number of nitrogens with zero attached hydrogens (tertiary/aromatic N) is 2. The first-order valence-electron chi connectivity index (χ1n) is 5.86. The van der Waals surface area contributed by atoms with E-state index in [0.717, 1.165) is 19.6 Å². The highest BCUT2D eigenvalue weighted by Crippen LogP contribution is 2.03. The summed E-state index contributed by atoms with van der Waals surface area (Å²) in [7, 11) is 0. The number of rotatable bonds is 8. The van der Waals surface area contributed by atoms with Crippen molar-refractivity contribution in [2.24, 2.45) is 5.92 Å². The van der Waals surface area contributed by atoms with E-state index in [-0.39, 0.29) is 5.92 Å². The van der Waals surface area contributed by atoms with Crippen LogP contribution in [0.2, 0.25) is 0 Å². The van der Waals surface area contributed by atoms with Gasteiger partial charge in [-0.15, -0.1) is 0 Å². The van der Waals surface area contributed by atoms with Crippen molar-refractivity contribution >= 4 is 0 Å². The lowest BCUT2D eigenvalue weighted by Crippen LogP contribution is -2.29. The maximum atomic E-state index is 8.71. The molecule has 0 bridgehead atoms. The molecule has 0 N–H and O–H groups in total. The van der Waals surface area contributed by atoms with Gasteiger partial charge in [-0.3, -0.25) is 0 Å². The van der Waals surface area contributed by atoms with Crippen molar-refractivity contribution in [2.45, 2.75) is 46.5 Å². The van der Waals surface area contributed by atoms with Gasteiger partial charge in [-0.25, -0.2) is 0 Å². The zero-order valence-corrected chi connectivity index (χ0v) is 9.92. The molecule has 0 aliphatic carbocycles. The minimum Gasteiger partial charge on any atom is -0.302 e. The van der Waals surface area contributed by atoms with Gasteiger partial charge < -0.3 is 4.90 Å². The lowest BCUT2D eigenvalue weighted by molar-refractivity contribution is 0.262. The average Bonchev–Trinajstić information content (AvgIpc) is 2.22. The third kappa shape index (κ3) is 6.91. The average molecular weight is 196 g/mol. The molecule has 0 aromatic heterocycles. The molecule has 0 fully saturated rings. The minimum atomic E-state index is 0.168. The molecule has 0 heterocycles. The summed E-state index contributed by atoms with van der Waals surface area (Å²) in [6.45, 7) is 9.55. The van der Waals surface area contributed by atoms with E-state index in [0.29, 0.717) is 0 Å². The zero-order valence-electron chi connectivity index (χ0n) is 9.92. The van der Waals surface area contributed by atoms with Crippen molar-refractivity contribution < 1.29 is 0 Å². The molecule has 0 aromatic rings. The van der Waals surface area contributed by atoms with Gasteiger partial charge in [0.2, 0.25) is 0 Å². The Labute approximate surface area is 88.9 Å². The van der Waals surface area contributed by atoms with Gasteiger partial charge in [0.15, 0.2) is 0 Å². The summed E-state index contributed by atoms with van der Waals surface area (Å²) in [5.74, 6) is 0.168. The molecule has 0 radical (unpaired) electrons. The Hall–Kier alpha value is -0.550. The molecule has 0 saturated carbocycles. The van der Waals surface area contributed by atoms with Crippen molar-refractivity contribution in [2.75, 3.05) is 19.6 Å². The molecule has 0 aromatic carbocycles. The van der Waals surface area contributed by atoms with Gasteiger partial charge in [0.1, 0.15) is 0 Å². The fourth-order valence-corrected chi connectivity index (χ4v) is 1.57. The van der Waals surface area contributed by atoms with E-state index in [1.807, 2.05) is 6.92 Å². The fourth-order valence-electron chi connectivity index (χ4n) is 1.57. The van der Waals surface area contributed by atoms with Crippen molar-refractivity contribution in [1.29, 1.82) is 5.26 Å². The largest absolute Gasteiger partial charge is 0.302 e. The van der Waals surface area contributed by atoms with E-state index >= 15 is 0 Å². The van der Waals surface area contributed by atoms with E-state index in [4.69, 9.17) is 5.26 Å². The Bertz CT molecular complexity index is 160. The summed E-state index contributed by atoms with van der Waals surface area (Å²) in [6.07, 6.45) is 5.24. The maximum Gasteiger partial charge on any atom is 0.0666 e. The SMILES string of the molecule is CCCCCCN(CC)CC(C)C#N. The second-order valence-electron chi connectivity index (χ2n) is 3.98. The van der Waals surface area contributed by atoms with Gasteiger partial charge in [0.25, 0.3) is 0 Å². The molecule has 2 nitrogen and oxygen atoms in total. The van der Waals surface area contributed by atoms with Gasteiger partial charge in [-0.2, -0.15) is 5.26 Å². The monoisotopic (exact) mass is 196 g/mol. The number of hydrogen-bond acceptors (Lipinski definition) is 2. The smallest absolute Gasteiger partial charge is 0.0666 e. The van der Waals surface area contributed by atoms with Crippen molar-refractivity contribution in [1.82, 2.24) is 4.90 Å². The maximum absolute atomic E-state index is 8.71. The predicted molar refractivity (Wildman–Crippen MR) is 61.0 cm³/mol. The van der Waals surface area contributed by atoms with Gasteiger partial charge in [0, 0.05) is 6.54 Å². The summed E-state index contributed by atoms with van der Waals surface area (Å²) in [6, 6.07) is 2.29. The molecular weight excluding hydrogens is 172 g/mol. The van der Waals surface area contributed by atoms with Crippen LogP contribution in [0.3, 0.4) is 0 Å². The van der Waals surface area contributed by atoms with Gasteiger partial charge in [-0.1, -0.05) is 33.1 Å². The van der Waals surface area contributed by atoms with Crippen LogP contribution in [0.25, 0.3) is 0 Å². The Morgan fingerprint density at radius 2 is 1.93 bits per heavy atom. The third-order valence-electron chi connectivity index (χ3n) is 2.53. The van der Waals surface area contributed by atoms with Gasteiger partial charge in [0.05, 0.1) is 12.0 Å². The summed E-state index contributed by atoms with van der Waals surface area (Å²) >= 11 is 0. The number of hydrogen-bond donors (Lipinski definition) is 0. The summed E-state index contributed by atoms with van der Waals surface area (Å²) in [5.41, 5.74) is 0. The molecule has 14 heavy (non-hydrogen) atoms. The van der Waals surface area contributed by atoms with E-state index in [1.54, 1.807) is 0 Å². The first-order valence-corrected chi connectivity index (χ1v) is 5.86. The summed E-state index contributed by atoms with van der Waals surface area (Å²) < 4.78 is 0. The van der Waals surface area contributed by atoms with Crippen LogP contribution in [0.4, 0.5) is 0 Å². The lowest BCUT2D eigenvalue weighted by atomic mass is 10.1. The van der Waals surface area contributed by atoms with Crippen LogP contribution in [-0.4, -0.2) is 24.5 Å². The Kier molecular flexibility index (Phi) is 8.67. The molecule has 0 amide bonds. The van der Waals surface area contributed by atoms with E-state index in [1.165, 1.54) is 25.7 Å². The molecule has 1 atom stereocenters. The molecule has 2 heteroatoms. The minimum absolute atomic E-state index is 0.168. The normalized spacial score (nSPS) is 12.8.